The Hall–Kier alpha value is -1.36. The molecule has 0 fully saturated rings. The van der Waals surface area contributed by atoms with E-state index in [1.807, 2.05) is 6.33 Å². The van der Waals surface area contributed by atoms with Crippen molar-refractivity contribution in [2.75, 3.05) is 13.1 Å². The molecule has 1 aliphatic heterocycles. The van der Waals surface area contributed by atoms with Crippen LogP contribution in [0.1, 0.15) is 44.2 Å². The third-order valence-electron chi connectivity index (χ3n) is 3.12. The minimum Gasteiger partial charge on any atom is -0.354 e. The smallest absolute Gasteiger partial charge is 0.216 e. The lowest BCUT2D eigenvalue weighted by atomic mass is 10.0. The second-order valence-corrected chi connectivity index (χ2v) is 4.77. The molecule has 5 heteroatoms. The number of aromatic nitrogens is 2. The van der Waals surface area contributed by atoms with Crippen LogP contribution in [0.2, 0.25) is 0 Å². The topological polar surface area (TPSA) is 59.0 Å². The first-order valence-corrected chi connectivity index (χ1v) is 6.13. The van der Waals surface area contributed by atoms with Crippen molar-refractivity contribution in [2.24, 2.45) is 0 Å². The van der Waals surface area contributed by atoms with Crippen LogP contribution in [-0.2, 0) is 11.2 Å². The number of nitrogens with one attached hydrogen (secondary N) is 2. The molecule has 0 bridgehead atoms. The van der Waals surface area contributed by atoms with Gasteiger partial charge in [0, 0.05) is 38.2 Å². The Morgan fingerprint density at radius 1 is 1.71 bits per heavy atom. The van der Waals surface area contributed by atoms with Crippen molar-refractivity contribution in [3.8, 4) is 0 Å². The van der Waals surface area contributed by atoms with Crippen LogP contribution in [0.25, 0.3) is 0 Å². The fourth-order valence-electron chi connectivity index (χ4n) is 2.27. The maximum Gasteiger partial charge on any atom is 0.216 e. The highest BCUT2D eigenvalue weighted by molar-refractivity contribution is 5.72. The molecule has 94 valence electrons. The summed E-state index contributed by atoms with van der Waals surface area (Å²) in [5.41, 5.74) is 2.38. The second kappa shape index (κ2) is 4.87. The Morgan fingerprint density at radius 3 is 3.12 bits per heavy atom. The molecule has 1 aromatic heterocycles. The summed E-state index contributed by atoms with van der Waals surface area (Å²) >= 11 is 0. The highest BCUT2D eigenvalue weighted by atomic mass is 16.1. The Bertz CT molecular complexity index is 411. The van der Waals surface area contributed by atoms with Gasteiger partial charge in [-0.3, -0.25) is 4.79 Å². The normalized spacial score (nSPS) is 19.2. The summed E-state index contributed by atoms with van der Waals surface area (Å²) in [5.74, 6) is 0.00205. The van der Waals surface area contributed by atoms with Crippen LogP contribution >= 0.6 is 0 Å². The quantitative estimate of drug-likeness (QED) is 0.815. The highest BCUT2D eigenvalue weighted by Crippen LogP contribution is 2.23. The van der Waals surface area contributed by atoms with E-state index in [1.165, 1.54) is 12.6 Å². The maximum atomic E-state index is 10.9. The molecule has 0 radical (unpaired) electrons. The van der Waals surface area contributed by atoms with Crippen LogP contribution in [-0.4, -0.2) is 28.5 Å². The zero-order valence-electron chi connectivity index (χ0n) is 10.7. The van der Waals surface area contributed by atoms with E-state index in [0.717, 1.165) is 18.7 Å². The molecule has 5 nitrogen and oxygen atoms in total. The van der Waals surface area contributed by atoms with Crippen LogP contribution in [0.3, 0.4) is 0 Å². The van der Waals surface area contributed by atoms with E-state index in [-0.39, 0.29) is 11.9 Å². The average Bonchev–Trinajstić information content (AvgIpc) is 2.70. The summed E-state index contributed by atoms with van der Waals surface area (Å²) in [7, 11) is 0. The number of hydrogen-bond donors (Lipinski definition) is 2. The summed E-state index contributed by atoms with van der Waals surface area (Å²) in [6.07, 6.45) is 2.91. The van der Waals surface area contributed by atoms with Crippen molar-refractivity contribution in [3.63, 3.8) is 0 Å². The van der Waals surface area contributed by atoms with Gasteiger partial charge in [0.25, 0.3) is 0 Å². The molecule has 0 saturated carbocycles. The first kappa shape index (κ1) is 12.1. The first-order chi connectivity index (χ1) is 8.09. The van der Waals surface area contributed by atoms with Crippen molar-refractivity contribution in [1.29, 1.82) is 0 Å². The van der Waals surface area contributed by atoms with Crippen LogP contribution < -0.4 is 10.6 Å². The molecule has 1 atom stereocenters. The van der Waals surface area contributed by atoms with Gasteiger partial charge in [0.05, 0.1) is 18.1 Å². The molecule has 0 aromatic carbocycles. The molecule has 0 unspecified atom stereocenters. The Morgan fingerprint density at radius 2 is 2.47 bits per heavy atom. The summed E-state index contributed by atoms with van der Waals surface area (Å²) in [5, 5.41) is 6.24. The van der Waals surface area contributed by atoms with Gasteiger partial charge in [-0.2, -0.15) is 0 Å². The molecule has 1 aromatic rings. The predicted octanol–water partition coefficient (Wildman–Crippen LogP) is 0.787. The van der Waals surface area contributed by atoms with Gasteiger partial charge in [-0.05, 0) is 13.8 Å². The van der Waals surface area contributed by atoms with Crippen molar-refractivity contribution in [3.05, 3.63) is 17.7 Å². The van der Waals surface area contributed by atoms with Gasteiger partial charge in [-0.1, -0.05) is 0 Å². The van der Waals surface area contributed by atoms with Gasteiger partial charge in [0.2, 0.25) is 5.91 Å². The van der Waals surface area contributed by atoms with Gasteiger partial charge in [-0.15, -0.1) is 0 Å². The summed E-state index contributed by atoms with van der Waals surface area (Å²) in [6, 6.07) is 0.577. The van der Waals surface area contributed by atoms with E-state index in [4.69, 9.17) is 0 Å². The number of imidazole rings is 1. The molecule has 2 N–H and O–H groups in total. The number of carbonyl (C=O) groups is 1. The first-order valence-electron chi connectivity index (χ1n) is 6.13. The highest BCUT2D eigenvalue weighted by Gasteiger charge is 2.24. The Balaban J connectivity index is 2.17. The zero-order valence-corrected chi connectivity index (χ0v) is 10.7. The van der Waals surface area contributed by atoms with Gasteiger partial charge in [-0.25, -0.2) is 4.98 Å². The third-order valence-corrected chi connectivity index (χ3v) is 3.12. The van der Waals surface area contributed by atoms with Crippen molar-refractivity contribution < 1.29 is 4.79 Å². The standard InChI is InChI=1S/C12H20N4O/c1-8(2)16-7-15-12-10(6-14-9(3)17)13-5-4-11(12)16/h7-8,10,13H,4-6H2,1-3H3,(H,14,17)/t10-/m0/s1. The van der Waals surface area contributed by atoms with E-state index in [1.54, 1.807) is 0 Å². The number of rotatable bonds is 3. The van der Waals surface area contributed by atoms with E-state index >= 15 is 0 Å². The van der Waals surface area contributed by atoms with Gasteiger partial charge in [0.15, 0.2) is 0 Å². The molecular formula is C12H20N4O. The van der Waals surface area contributed by atoms with Gasteiger partial charge >= 0.3 is 0 Å². The minimum absolute atomic E-state index is 0.00205. The molecule has 0 saturated heterocycles. The van der Waals surface area contributed by atoms with E-state index in [0.29, 0.717) is 12.6 Å². The fourth-order valence-corrected chi connectivity index (χ4v) is 2.27. The molecule has 1 amide bonds. The molecule has 2 heterocycles. The van der Waals surface area contributed by atoms with Crippen LogP contribution in [0.15, 0.2) is 6.33 Å². The molecule has 2 rings (SSSR count). The number of amides is 1. The number of carbonyl (C=O) groups excluding carboxylic acids is 1. The van der Waals surface area contributed by atoms with Crippen molar-refractivity contribution in [1.82, 2.24) is 20.2 Å². The van der Waals surface area contributed by atoms with Crippen LogP contribution in [0.4, 0.5) is 0 Å². The molecular weight excluding hydrogens is 216 g/mol. The van der Waals surface area contributed by atoms with E-state index < -0.39 is 0 Å². The van der Waals surface area contributed by atoms with E-state index in [2.05, 4.69) is 34.0 Å². The Kier molecular flexibility index (Phi) is 3.47. The summed E-state index contributed by atoms with van der Waals surface area (Å²) in [6.45, 7) is 7.41. The summed E-state index contributed by atoms with van der Waals surface area (Å²) in [4.78, 5) is 15.4. The van der Waals surface area contributed by atoms with Crippen LogP contribution in [0, 0.1) is 0 Å². The molecule has 1 aliphatic rings. The summed E-state index contributed by atoms with van der Waals surface area (Å²) < 4.78 is 2.22. The fraction of sp³-hybridized carbons (Fsp3) is 0.667. The lowest BCUT2D eigenvalue weighted by Gasteiger charge is -2.25. The van der Waals surface area contributed by atoms with Gasteiger partial charge in [0.1, 0.15) is 0 Å². The number of nitrogens with zero attached hydrogens (tertiary/aromatic N) is 2. The number of fused-ring (bicyclic) bond motifs is 1. The lowest BCUT2D eigenvalue weighted by Crippen LogP contribution is -2.38. The average molecular weight is 236 g/mol. The minimum atomic E-state index is 0.00205. The Labute approximate surface area is 102 Å². The third kappa shape index (κ3) is 2.49. The van der Waals surface area contributed by atoms with Gasteiger partial charge < -0.3 is 15.2 Å². The van der Waals surface area contributed by atoms with Crippen molar-refractivity contribution in [2.45, 2.75) is 39.3 Å². The monoisotopic (exact) mass is 236 g/mol. The largest absolute Gasteiger partial charge is 0.354 e. The molecule has 17 heavy (non-hydrogen) atoms. The SMILES string of the molecule is CC(=O)NC[C@@H]1NCCc2c1ncn2C(C)C. The van der Waals surface area contributed by atoms with Crippen LogP contribution in [0.5, 0.6) is 0 Å². The maximum absolute atomic E-state index is 10.9. The molecule has 0 spiro atoms. The molecule has 0 aliphatic carbocycles. The number of hydrogen-bond acceptors (Lipinski definition) is 3. The predicted molar refractivity (Wildman–Crippen MR) is 65.7 cm³/mol. The lowest BCUT2D eigenvalue weighted by molar-refractivity contribution is -0.119. The van der Waals surface area contributed by atoms with E-state index in [9.17, 15) is 4.79 Å². The second-order valence-electron chi connectivity index (χ2n) is 4.77. The zero-order chi connectivity index (χ0) is 12.4. The van der Waals surface area contributed by atoms with Crippen molar-refractivity contribution >= 4 is 5.91 Å².